The van der Waals surface area contributed by atoms with E-state index in [1.165, 1.54) is 16.9 Å². The molecule has 4 rings (SSSR count). The minimum atomic E-state index is 0.103. The Morgan fingerprint density at radius 1 is 1.23 bits per heavy atom. The van der Waals surface area contributed by atoms with Gasteiger partial charge in [0.1, 0.15) is 22.7 Å². The molecular formula is C22H27N5O2S. The van der Waals surface area contributed by atoms with Crippen molar-refractivity contribution in [1.29, 1.82) is 0 Å². The molecule has 1 amide bonds. The second kappa shape index (κ2) is 8.97. The van der Waals surface area contributed by atoms with E-state index in [2.05, 4.69) is 33.3 Å². The summed E-state index contributed by atoms with van der Waals surface area (Å²) in [5, 5.41) is 4.38. The molecule has 0 radical (unpaired) electrons. The molecule has 0 atom stereocenters. The molecule has 30 heavy (non-hydrogen) atoms. The lowest BCUT2D eigenvalue weighted by Gasteiger charge is -2.32. The molecule has 1 N–H and O–H groups in total. The summed E-state index contributed by atoms with van der Waals surface area (Å²) in [4.78, 5) is 27.8. The quantitative estimate of drug-likeness (QED) is 0.655. The first-order chi connectivity index (χ1) is 14.6. The number of amides is 1. The number of anilines is 1. The average Bonchev–Trinajstić information content (AvgIpc) is 3.11. The van der Waals surface area contributed by atoms with Gasteiger partial charge in [-0.05, 0) is 43.7 Å². The van der Waals surface area contributed by atoms with E-state index in [1.54, 1.807) is 13.4 Å². The molecular weight excluding hydrogens is 398 g/mol. The van der Waals surface area contributed by atoms with Crippen LogP contribution in [-0.2, 0) is 6.42 Å². The van der Waals surface area contributed by atoms with E-state index in [4.69, 9.17) is 4.74 Å². The third-order valence-electron chi connectivity index (χ3n) is 5.55. The molecule has 3 aromatic rings. The smallest absolute Gasteiger partial charge is 0.264 e. The number of carbonyl (C=O) groups is 1. The van der Waals surface area contributed by atoms with E-state index < -0.39 is 0 Å². The fourth-order valence-corrected chi connectivity index (χ4v) is 4.83. The zero-order chi connectivity index (χ0) is 21.1. The summed E-state index contributed by atoms with van der Waals surface area (Å²) in [5.41, 5.74) is 2.16. The molecule has 3 heterocycles. The Kier molecular flexibility index (Phi) is 6.15. The number of nitrogens with zero attached hydrogens (tertiary/aromatic N) is 4. The molecule has 1 aromatic carbocycles. The van der Waals surface area contributed by atoms with Gasteiger partial charge in [0, 0.05) is 32.7 Å². The number of benzene rings is 1. The van der Waals surface area contributed by atoms with Crippen LogP contribution in [0.3, 0.4) is 0 Å². The van der Waals surface area contributed by atoms with Crippen LogP contribution in [0, 0.1) is 6.92 Å². The average molecular weight is 426 g/mol. The maximum atomic E-state index is 13.1. The topological polar surface area (TPSA) is 70.6 Å². The number of ether oxygens (including phenoxy) is 1. The number of piperazine rings is 1. The van der Waals surface area contributed by atoms with Crippen molar-refractivity contribution < 1.29 is 9.53 Å². The third-order valence-corrected chi connectivity index (χ3v) is 6.74. The zero-order valence-corrected chi connectivity index (χ0v) is 18.5. The van der Waals surface area contributed by atoms with Gasteiger partial charge in [-0.2, -0.15) is 0 Å². The van der Waals surface area contributed by atoms with Gasteiger partial charge in [0.05, 0.1) is 17.4 Å². The Morgan fingerprint density at radius 2 is 2.03 bits per heavy atom. The molecule has 8 heteroatoms. The number of hydrogen-bond acceptors (Lipinski definition) is 7. The second-order valence-electron chi connectivity index (χ2n) is 7.58. The summed E-state index contributed by atoms with van der Waals surface area (Å²) in [6.45, 7) is 6.08. The normalized spacial score (nSPS) is 14.8. The Labute approximate surface area is 180 Å². The summed E-state index contributed by atoms with van der Waals surface area (Å²) in [6, 6.07) is 8.07. The van der Waals surface area contributed by atoms with Crippen LogP contribution in [0.1, 0.15) is 20.8 Å². The largest absolute Gasteiger partial charge is 0.497 e. The molecule has 158 valence electrons. The van der Waals surface area contributed by atoms with Crippen molar-refractivity contribution in [2.75, 3.05) is 52.2 Å². The summed E-state index contributed by atoms with van der Waals surface area (Å²) in [7, 11) is 3.76. The van der Waals surface area contributed by atoms with Crippen LogP contribution in [0.2, 0.25) is 0 Å². The summed E-state index contributed by atoms with van der Waals surface area (Å²) < 4.78 is 5.30. The van der Waals surface area contributed by atoms with Crippen molar-refractivity contribution in [2.45, 2.75) is 13.3 Å². The highest BCUT2D eigenvalue weighted by atomic mass is 32.1. The molecule has 1 aliphatic heterocycles. The van der Waals surface area contributed by atoms with Crippen LogP contribution < -0.4 is 10.1 Å². The van der Waals surface area contributed by atoms with Crippen molar-refractivity contribution in [3.05, 3.63) is 46.6 Å². The molecule has 0 unspecified atom stereocenters. The molecule has 0 aliphatic carbocycles. The Hall–Kier alpha value is -2.71. The summed E-state index contributed by atoms with van der Waals surface area (Å²) >= 11 is 1.46. The van der Waals surface area contributed by atoms with E-state index in [9.17, 15) is 4.79 Å². The minimum Gasteiger partial charge on any atom is -0.497 e. The number of aryl methyl sites for hydroxylation is 1. The standard InChI is InChI=1S/C22H27N5O2S/c1-15-18-20(23-8-7-16-5-4-6-17(13-16)29-3)24-14-25-21(18)30-19(15)22(28)27-11-9-26(2)10-12-27/h4-6,13-14H,7-12H2,1-3H3,(H,23,24,25). The molecule has 0 saturated carbocycles. The fourth-order valence-electron chi connectivity index (χ4n) is 3.72. The Balaban J connectivity index is 1.51. The number of carbonyl (C=O) groups excluding carboxylic acids is 1. The predicted octanol–water partition coefficient (Wildman–Crippen LogP) is 3.05. The first-order valence-electron chi connectivity index (χ1n) is 10.2. The van der Waals surface area contributed by atoms with Gasteiger partial charge in [0.2, 0.25) is 0 Å². The predicted molar refractivity (Wildman–Crippen MR) is 121 cm³/mol. The van der Waals surface area contributed by atoms with E-state index in [0.29, 0.717) is 0 Å². The fraction of sp³-hybridized carbons (Fsp3) is 0.409. The molecule has 1 fully saturated rings. The van der Waals surface area contributed by atoms with E-state index in [0.717, 1.165) is 71.4 Å². The molecule has 1 aliphatic rings. The monoisotopic (exact) mass is 425 g/mol. The van der Waals surface area contributed by atoms with E-state index >= 15 is 0 Å². The van der Waals surface area contributed by atoms with Crippen LogP contribution in [0.15, 0.2) is 30.6 Å². The van der Waals surface area contributed by atoms with Crippen LogP contribution in [-0.4, -0.2) is 72.6 Å². The van der Waals surface area contributed by atoms with Crippen LogP contribution in [0.5, 0.6) is 5.75 Å². The lowest BCUT2D eigenvalue weighted by Crippen LogP contribution is -2.47. The highest BCUT2D eigenvalue weighted by molar-refractivity contribution is 7.20. The van der Waals surface area contributed by atoms with Gasteiger partial charge in [0.15, 0.2) is 0 Å². The number of nitrogens with one attached hydrogen (secondary N) is 1. The maximum absolute atomic E-state index is 13.1. The van der Waals surface area contributed by atoms with Crippen molar-refractivity contribution in [3.63, 3.8) is 0 Å². The SMILES string of the molecule is COc1cccc(CCNc2ncnc3sc(C(=O)N4CCN(C)CC4)c(C)c23)c1. The number of hydrogen-bond donors (Lipinski definition) is 1. The van der Waals surface area contributed by atoms with Crippen LogP contribution in [0.25, 0.3) is 10.2 Å². The van der Waals surface area contributed by atoms with E-state index in [1.807, 2.05) is 30.0 Å². The highest BCUT2D eigenvalue weighted by Gasteiger charge is 2.25. The van der Waals surface area contributed by atoms with Gasteiger partial charge in [-0.15, -0.1) is 11.3 Å². The first-order valence-corrected chi connectivity index (χ1v) is 11.0. The van der Waals surface area contributed by atoms with Gasteiger partial charge >= 0.3 is 0 Å². The van der Waals surface area contributed by atoms with Crippen molar-refractivity contribution >= 4 is 33.3 Å². The molecule has 7 nitrogen and oxygen atoms in total. The Morgan fingerprint density at radius 3 is 2.80 bits per heavy atom. The lowest BCUT2D eigenvalue weighted by molar-refractivity contribution is 0.0668. The minimum absolute atomic E-state index is 0.103. The third kappa shape index (κ3) is 4.24. The molecule has 0 spiro atoms. The number of aromatic nitrogens is 2. The number of likely N-dealkylation sites (N-methyl/N-ethyl adjacent to an activating group) is 1. The van der Waals surface area contributed by atoms with Gasteiger partial charge in [0.25, 0.3) is 5.91 Å². The maximum Gasteiger partial charge on any atom is 0.264 e. The number of methoxy groups -OCH3 is 1. The highest BCUT2D eigenvalue weighted by Crippen LogP contribution is 2.34. The second-order valence-corrected chi connectivity index (χ2v) is 8.58. The lowest BCUT2D eigenvalue weighted by atomic mass is 10.1. The molecule has 0 bridgehead atoms. The first kappa shape index (κ1) is 20.6. The number of fused-ring (bicyclic) bond motifs is 1. The van der Waals surface area contributed by atoms with Crippen molar-refractivity contribution in [1.82, 2.24) is 19.8 Å². The molecule has 2 aromatic heterocycles. The van der Waals surface area contributed by atoms with Crippen LogP contribution >= 0.6 is 11.3 Å². The summed E-state index contributed by atoms with van der Waals surface area (Å²) in [5.74, 6) is 1.75. The van der Waals surface area contributed by atoms with E-state index in [-0.39, 0.29) is 5.91 Å². The zero-order valence-electron chi connectivity index (χ0n) is 17.6. The van der Waals surface area contributed by atoms with Crippen molar-refractivity contribution in [3.8, 4) is 5.75 Å². The van der Waals surface area contributed by atoms with Gasteiger partial charge in [-0.1, -0.05) is 12.1 Å². The summed E-state index contributed by atoms with van der Waals surface area (Å²) in [6.07, 6.45) is 2.41. The number of thiophene rings is 1. The van der Waals surface area contributed by atoms with Crippen molar-refractivity contribution in [2.24, 2.45) is 0 Å². The van der Waals surface area contributed by atoms with Gasteiger partial charge in [-0.3, -0.25) is 4.79 Å². The Bertz CT molecular complexity index is 1040. The van der Waals surface area contributed by atoms with Gasteiger partial charge in [-0.25, -0.2) is 9.97 Å². The molecule has 1 saturated heterocycles. The van der Waals surface area contributed by atoms with Gasteiger partial charge < -0.3 is 19.9 Å². The number of rotatable bonds is 6. The van der Waals surface area contributed by atoms with Crippen LogP contribution in [0.4, 0.5) is 5.82 Å².